The third-order valence-electron chi connectivity index (χ3n) is 3.31. The highest BCUT2D eigenvalue weighted by molar-refractivity contribution is 5.52. The topological polar surface area (TPSA) is 21.3 Å². The largest absolute Gasteiger partial charge is 0.491 e. The summed E-state index contributed by atoms with van der Waals surface area (Å²) < 4.78 is 18.8. The second kappa shape index (κ2) is 6.61. The van der Waals surface area contributed by atoms with Crippen LogP contribution in [0.5, 0.6) is 5.75 Å². The molecule has 2 aromatic carbocycles. The maximum atomic E-state index is 13.1. The molecule has 0 heterocycles. The summed E-state index contributed by atoms with van der Waals surface area (Å²) in [7, 11) is 0. The van der Waals surface area contributed by atoms with Crippen LogP contribution >= 0.6 is 0 Å². The molecule has 0 aliphatic rings. The van der Waals surface area contributed by atoms with E-state index in [-0.39, 0.29) is 18.0 Å². The van der Waals surface area contributed by atoms with Gasteiger partial charge in [-0.1, -0.05) is 12.1 Å². The van der Waals surface area contributed by atoms with Crippen molar-refractivity contribution in [2.24, 2.45) is 0 Å². The van der Waals surface area contributed by atoms with Gasteiger partial charge in [0.25, 0.3) is 0 Å². The Balaban J connectivity index is 2.07. The van der Waals surface area contributed by atoms with Gasteiger partial charge in [-0.05, 0) is 69.2 Å². The average molecular weight is 287 g/mol. The molecule has 0 aromatic heterocycles. The van der Waals surface area contributed by atoms with E-state index in [0.29, 0.717) is 0 Å². The SMILES string of the molecule is Cc1cc(F)ccc1NC(C)c1ccc(OC(C)C)cc1. The Morgan fingerprint density at radius 2 is 1.67 bits per heavy atom. The van der Waals surface area contributed by atoms with Gasteiger partial charge in [0.2, 0.25) is 0 Å². The number of nitrogens with one attached hydrogen (secondary N) is 1. The molecule has 0 radical (unpaired) electrons. The fourth-order valence-electron chi connectivity index (χ4n) is 2.21. The van der Waals surface area contributed by atoms with Gasteiger partial charge in [0.15, 0.2) is 0 Å². The lowest BCUT2D eigenvalue weighted by Crippen LogP contribution is -2.08. The number of anilines is 1. The van der Waals surface area contributed by atoms with Crippen LogP contribution in [0, 0.1) is 12.7 Å². The molecular formula is C18H22FNO. The minimum absolute atomic E-state index is 0.141. The Morgan fingerprint density at radius 3 is 2.24 bits per heavy atom. The van der Waals surface area contributed by atoms with Gasteiger partial charge in [-0.2, -0.15) is 0 Å². The lowest BCUT2D eigenvalue weighted by molar-refractivity contribution is 0.242. The molecule has 1 unspecified atom stereocenters. The number of halogens is 1. The van der Waals surface area contributed by atoms with Gasteiger partial charge in [-0.15, -0.1) is 0 Å². The molecule has 0 aliphatic heterocycles. The van der Waals surface area contributed by atoms with E-state index in [2.05, 4.69) is 12.2 Å². The van der Waals surface area contributed by atoms with Crippen LogP contribution in [0.1, 0.15) is 37.9 Å². The van der Waals surface area contributed by atoms with Gasteiger partial charge >= 0.3 is 0 Å². The highest BCUT2D eigenvalue weighted by Crippen LogP contribution is 2.24. The standard InChI is InChI=1S/C18H22FNO/c1-12(2)21-17-8-5-15(6-9-17)14(4)20-18-10-7-16(19)11-13(18)3/h5-12,14,20H,1-4H3. The number of ether oxygens (including phenoxy) is 1. The Labute approximate surface area is 126 Å². The van der Waals surface area contributed by atoms with E-state index in [9.17, 15) is 4.39 Å². The first-order chi connectivity index (χ1) is 9.95. The third-order valence-corrected chi connectivity index (χ3v) is 3.31. The molecule has 2 aromatic rings. The molecular weight excluding hydrogens is 265 g/mol. The van der Waals surface area contributed by atoms with Crippen LogP contribution in [0.3, 0.4) is 0 Å². The monoisotopic (exact) mass is 287 g/mol. The van der Waals surface area contributed by atoms with Crippen LogP contribution < -0.4 is 10.1 Å². The summed E-state index contributed by atoms with van der Waals surface area (Å²) in [5, 5.41) is 3.41. The van der Waals surface area contributed by atoms with Crippen molar-refractivity contribution in [3.8, 4) is 5.75 Å². The minimum Gasteiger partial charge on any atom is -0.491 e. The van der Waals surface area contributed by atoms with Crippen molar-refractivity contribution >= 4 is 5.69 Å². The van der Waals surface area contributed by atoms with Crippen molar-refractivity contribution in [2.45, 2.75) is 39.8 Å². The molecule has 3 heteroatoms. The number of hydrogen-bond donors (Lipinski definition) is 1. The Bertz CT molecular complexity index is 593. The van der Waals surface area contributed by atoms with Crippen molar-refractivity contribution in [3.63, 3.8) is 0 Å². The van der Waals surface area contributed by atoms with Crippen LogP contribution in [0.25, 0.3) is 0 Å². The first kappa shape index (κ1) is 15.4. The van der Waals surface area contributed by atoms with Crippen molar-refractivity contribution in [1.29, 1.82) is 0 Å². The van der Waals surface area contributed by atoms with Gasteiger partial charge in [-0.25, -0.2) is 4.39 Å². The van der Waals surface area contributed by atoms with Gasteiger partial charge in [0, 0.05) is 11.7 Å². The molecule has 21 heavy (non-hydrogen) atoms. The maximum absolute atomic E-state index is 13.1. The lowest BCUT2D eigenvalue weighted by atomic mass is 10.1. The zero-order chi connectivity index (χ0) is 15.4. The molecule has 2 rings (SSSR count). The van der Waals surface area contributed by atoms with E-state index in [1.54, 1.807) is 6.07 Å². The summed E-state index contributed by atoms with van der Waals surface area (Å²) >= 11 is 0. The Morgan fingerprint density at radius 1 is 1.00 bits per heavy atom. The van der Waals surface area contributed by atoms with E-state index < -0.39 is 0 Å². The summed E-state index contributed by atoms with van der Waals surface area (Å²) in [6.07, 6.45) is 0.174. The smallest absolute Gasteiger partial charge is 0.123 e. The molecule has 1 atom stereocenters. The molecule has 2 nitrogen and oxygen atoms in total. The molecule has 0 spiro atoms. The molecule has 0 amide bonds. The molecule has 0 saturated heterocycles. The highest BCUT2D eigenvalue weighted by atomic mass is 19.1. The molecule has 112 valence electrons. The quantitative estimate of drug-likeness (QED) is 0.826. The first-order valence-electron chi connectivity index (χ1n) is 7.25. The number of hydrogen-bond acceptors (Lipinski definition) is 2. The van der Waals surface area contributed by atoms with Gasteiger partial charge in [0.05, 0.1) is 6.10 Å². The van der Waals surface area contributed by atoms with Crippen LogP contribution in [0.2, 0.25) is 0 Å². The Kier molecular flexibility index (Phi) is 4.84. The van der Waals surface area contributed by atoms with Crippen molar-refractivity contribution in [1.82, 2.24) is 0 Å². The van der Waals surface area contributed by atoms with Gasteiger partial charge < -0.3 is 10.1 Å². The maximum Gasteiger partial charge on any atom is 0.123 e. The first-order valence-corrected chi connectivity index (χ1v) is 7.25. The molecule has 0 fully saturated rings. The van der Waals surface area contributed by atoms with Gasteiger partial charge in [0.1, 0.15) is 11.6 Å². The third kappa shape index (κ3) is 4.22. The Hall–Kier alpha value is -2.03. The van der Waals surface area contributed by atoms with Crippen LogP contribution in [0.4, 0.5) is 10.1 Å². The van der Waals surface area contributed by atoms with Crippen molar-refractivity contribution < 1.29 is 9.13 Å². The fraction of sp³-hybridized carbons (Fsp3) is 0.333. The second-order valence-electron chi connectivity index (χ2n) is 5.56. The molecule has 0 bridgehead atoms. The summed E-state index contributed by atoms with van der Waals surface area (Å²) in [5.41, 5.74) is 3.02. The van der Waals surface area contributed by atoms with Crippen LogP contribution in [-0.2, 0) is 0 Å². The van der Waals surface area contributed by atoms with Crippen LogP contribution in [-0.4, -0.2) is 6.10 Å². The zero-order valence-electron chi connectivity index (χ0n) is 13.0. The van der Waals surface area contributed by atoms with E-state index in [1.807, 2.05) is 45.0 Å². The second-order valence-corrected chi connectivity index (χ2v) is 5.56. The molecule has 0 saturated carbocycles. The zero-order valence-corrected chi connectivity index (χ0v) is 13.0. The van der Waals surface area contributed by atoms with E-state index in [0.717, 1.165) is 22.6 Å². The van der Waals surface area contributed by atoms with E-state index >= 15 is 0 Å². The summed E-state index contributed by atoms with van der Waals surface area (Å²) in [6, 6.07) is 13.0. The number of rotatable bonds is 5. The van der Waals surface area contributed by atoms with E-state index in [1.165, 1.54) is 12.1 Å². The summed E-state index contributed by atoms with van der Waals surface area (Å²) in [5.74, 6) is 0.666. The van der Waals surface area contributed by atoms with E-state index in [4.69, 9.17) is 4.74 Å². The molecule has 1 N–H and O–H groups in total. The predicted molar refractivity (Wildman–Crippen MR) is 85.4 cm³/mol. The fourth-order valence-corrected chi connectivity index (χ4v) is 2.21. The average Bonchev–Trinajstić information content (AvgIpc) is 2.42. The minimum atomic E-state index is -0.208. The molecule has 0 aliphatic carbocycles. The predicted octanol–water partition coefficient (Wildman–Crippen LogP) is 5.09. The number of benzene rings is 2. The number of aryl methyl sites for hydroxylation is 1. The van der Waals surface area contributed by atoms with Gasteiger partial charge in [-0.3, -0.25) is 0 Å². The highest BCUT2D eigenvalue weighted by Gasteiger charge is 2.08. The summed E-state index contributed by atoms with van der Waals surface area (Å²) in [6.45, 7) is 8.00. The summed E-state index contributed by atoms with van der Waals surface area (Å²) in [4.78, 5) is 0. The van der Waals surface area contributed by atoms with Crippen molar-refractivity contribution in [3.05, 3.63) is 59.4 Å². The van der Waals surface area contributed by atoms with Crippen molar-refractivity contribution in [2.75, 3.05) is 5.32 Å². The van der Waals surface area contributed by atoms with Crippen LogP contribution in [0.15, 0.2) is 42.5 Å². The lowest BCUT2D eigenvalue weighted by Gasteiger charge is -2.18. The normalized spacial score (nSPS) is 12.3.